The third-order valence-corrected chi connectivity index (χ3v) is 5.72. The summed E-state index contributed by atoms with van der Waals surface area (Å²) in [6.45, 7) is 36.9. The molecule has 0 aliphatic heterocycles. The highest BCUT2D eigenvalue weighted by Gasteiger charge is 2.33. The van der Waals surface area contributed by atoms with Crippen LogP contribution in [-0.2, 0) is 14.2 Å². The highest BCUT2D eigenvalue weighted by Crippen LogP contribution is 2.30. The molecule has 0 aromatic heterocycles. The fourth-order valence-electron chi connectivity index (χ4n) is 3.27. The SMILES string of the molecule is C/C=C(\OCC)C(O)CC(C)(C)C.C/C=C(\OCC)C(O)CC(F)(F)F.CC.CC.CC.CC/C=C(\OCC)C(O)C(C)(C)CC. The number of hydrogen-bond donors (Lipinski definition) is 3. The van der Waals surface area contributed by atoms with E-state index in [9.17, 15) is 23.4 Å². The van der Waals surface area contributed by atoms with E-state index in [0.29, 0.717) is 19.0 Å². The van der Waals surface area contributed by atoms with Gasteiger partial charge < -0.3 is 29.5 Å². The van der Waals surface area contributed by atoms with Gasteiger partial charge in [0, 0.05) is 0 Å². The molecule has 0 radical (unpaired) electrons. The topological polar surface area (TPSA) is 88.4 Å². The molecular formula is C37H77F3O6. The first-order valence-electron chi connectivity index (χ1n) is 17.3. The zero-order chi connectivity index (χ0) is 38.2. The Morgan fingerprint density at radius 2 is 0.935 bits per heavy atom. The molecule has 0 aliphatic rings. The third kappa shape index (κ3) is 35.1. The number of rotatable bonds is 14. The minimum Gasteiger partial charge on any atom is -0.496 e. The Labute approximate surface area is 283 Å². The summed E-state index contributed by atoms with van der Waals surface area (Å²) < 4.78 is 51.0. The molecule has 0 saturated heterocycles. The summed E-state index contributed by atoms with van der Waals surface area (Å²) in [6, 6.07) is 0. The van der Waals surface area contributed by atoms with Gasteiger partial charge in [0.05, 0.1) is 26.2 Å². The van der Waals surface area contributed by atoms with Gasteiger partial charge in [-0.3, -0.25) is 0 Å². The summed E-state index contributed by atoms with van der Waals surface area (Å²) in [5, 5.41) is 29.0. The van der Waals surface area contributed by atoms with Gasteiger partial charge in [0.1, 0.15) is 35.6 Å². The van der Waals surface area contributed by atoms with Crippen molar-refractivity contribution in [3.8, 4) is 0 Å². The molecule has 0 aliphatic carbocycles. The summed E-state index contributed by atoms with van der Waals surface area (Å²) in [7, 11) is 0. The van der Waals surface area contributed by atoms with Crippen molar-refractivity contribution in [2.24, 2.45) is 10.8 Å². The van der Waals surface area contributed by atoms with E-state index in [1.54, 1.807) is 6.92 Å². The lowest BCUT2D eigenvalue weighted by Crippen LogP contribution is -2.31. The Bertz CT molecular complexity index is 684. The number of alkyl halides is 3. The second kappa shape index (κ2) is 34.6. The van der Waals surface area contributed by atoms with E-state index < -0.39 is 30.9 Å². The fourth-order valence-corrected chi connectivity index (χ4v) is 3.27. The molecule has 0 aromatic carbocycles. The second-order valence-electron chi connectivity index (χ2n) is 11.1. The Morgan fingerprint density at radius 3 is 1.17 bits per heavy atom. The zero-order valence-electron chi connectivity index (χ0n) is 33.1. The van der Waals surface area contributed by atoms with Crippen molar-refractivity contribution in [1.29, 1.82) is 0 Å². The summed E-state index contributed by atoms with van der Waals surface area (Å²) in [5.41, 5.74) is 0.0148. The van der Waals surface area contributed by atoms with Crippen LogP contribution in [0.1, 0.15) is 150 Å². The van der Waals surface area contributed by atoms with E-state index in [1.165, 1.54) is 13.0 Å². The van der Waals surface area contributed by atoms with Gasteiger partial charge >= 0.3 is 6.18 Å². The average molecular weight is 675 g/mol. The van der Waals surface area contributed by atoms with Crippen LogP contribution in [0.5, 0.6) is 0 Å². The van der Waals surface area contributed by atoms with Crippen LogP contribution in [0, 0.1) is 10.8 Å². The molecule has 0 rings (SSSR count). The predicted octanol–water partition coefficient (Wildman–Crippen LogP) is 11.2. The summed E-state index contributed by atoms with van der Waals surface area (Å²) in [4.78, 5) is 0. The normalized spacial score (nSPS) is 14.0. The van der Waals surface area contributed by atoms with E-state index in [0.717, 1.165) is 25.0 Å². The number of halogens is 3. The summed E-state index contributed by atoms with van der Waals surface area (Å²) >= 11 is 0. The Balaban J connectivity index is -0.000000120. The first-order valence-corrected chi connectivity index (χ1v) is 17.3. The molecule has 6 nitrogen and oxygen atoms in total. The predicted molar refractivity (Wildman–Crippen MR) is 192 cm³/mol. The van der Waals surface area contributed by atoms with E-state index >= 15 is 0 Å². The van der Waals surface area contributed by atoms with Crippen molar-refractivity contribution < 1.29 is 42.7 Å². The van der Waals surface area contributed by atoms with Crippen molar-refractivity contribution in [1.82, 2.24) is 0 Å². The van der Waals surface area contributed by atoms with Gasteiger partial charge in [-0.25, -0.2) is 0 Å². The first-order chi connectivity index (χ1) is 21.3. The van der Waals surface area contributed by atoms with Gasteiger partial charge in [-0.1, -0.05) is 90.0 Å². The van der Waals surface area contributed by atoms with Gasteiger partial charge in [0.15, 0.2) is 0 Å². The molecule has 0 saturated carbocycles. The Kier molecular flexibility index (Phi) is 42.6. The number of aliphatic hydroxyl groups is 3. The van der Waals surface area contributed by atoms with E-state index in [1.807, 2.05) is 81.4 Å². The smallest absolute Gasteiger partial charge is 0.392 e. The molecule has 0 amide bonds. The molecule has 0 heterocycles. The van der Waals surface area contributed by atoms with Gasteiger partial charge in [-0.2, -0.15) is 13.2 Å². The van der Waals surface area contributed by atoms with Crippen LogP contribution < -0.4 is 0 Å². The minimum absolute atomic E-state index is 0.0279. The van der Waals surface area contributed by atoms with Crippen LogP contribution in [0.15, 0.2) is 35.5 Å². The highest BCUT2D eigenvalue weighted by atomic mass is 19.4. The standard InChI is InChI=1S/C12H24O2.C11H22O2.C8H13F3O2.3C2H6/c1-6-9-10(14-8-3)11(13)12(4,5)7-2;1-6-10(13-7-2)9(12)8-11(3,4)5;1-3-7(13-4-2)6(12)5-8(9,10)11;3*1-2/h9,11,13H,6-8H2,1-5H3;6,9,12H,7-8H2,1-5H3;3,6,12H,4-5H2,1-2H3;3*1-2H3/b10-9-;10-6-;7-3-;;;. The maximum atomic E-state index is 11.8. The Morgan fingerprint density at radius 1 is 0.609 bits per heavy atom. The van der Waals surface area contributed by atoms with Gasteiger partial charge in [-0.05, 0) is 82.9 Å². The molecule has 282 valence electrons. The lowest BCUT2D eigenvalue weighted by atomic mass is 9.82. The van der Waals surface area contributed by atoms with Crippen molar-refractivity contribution in [2.75, 3.05) is 19.8 Å². The molecule has 0 bridgehead atoms. The van der Waals surface area contributed by atoms with Crippen LogP contribution in [0.4, 0.5) is 13.2 Å². The number of hydrogen-bond acceptors (Lipinski definition) is 6. The fraction of sp³-hybridized carbons (Fsp3) is 0.838. The molecule has 0 spiro atoms. The minimum atomic E-state index is -4.37. The van der Waals surface area contributed by atoms with Crippen LogP contribution in [0.2, 0.25) is 0 Å². The molecule has 3 unspecified atom stereocenters. The lowest BCUT2D eigenvalue weighted by molar-refractivity contribution is -0.153. The highest BCUT2D eigenvalue weighted by molar-refractivity contribution is 5.04. The quantitative estimate of drug-likeness (QED) is 0.159. The molecule has 0 fully saturated rings. The van der Waals surface area contributed by atoms with Crippen LogP contribution in [0.3, 0.4) is 0 Å². The molecule has 46 heavy (non-hydrogen) atoms. The molecule has 0 aromatic rings. The maximum absolute atomic E-state index is 11.8. The monoisotopic (exact) mass is 675 g/mol. The molecule has 3 atom stereocenters. The largest absolute Gasteiger partial charge is 0.496 e. The average Bonchev–Trinajstić information content (AvgIpc) is 3.00. The number of aliphatic hydroxyl groups excluding tert-OH is 3. The van der Waals surface area contributed by atoms with Crippen molar-refractivity contribution in [3.05, 3.63) is 35.5 Å². The van der Waals surface area contributed by atoms with Crippen LogP contribution in [-0.4, -0.2) is 59.6 Å². The maximum Gasteiger partial charge on any atom is 0.392 e. The van der Waals surface area contributed by atoms with Crippen molar-refractivity contribution >= 4 is 0 Å². The summed E-state index contributed by atoms with van der Waals surface area (Å²) in [6.07, 6.45) is -0.508. The molecule has 3 N–H and O–H groups in total. The van der Waals surface area contributed by atoms with Crippen molar-refractivity contribution in [3.63, 3.8) is 0 Å². The zero-order valence-corrected chi connectivity index (χ0v) is 33.1. The van der Waals surface area contributed by atoms with Crippen LogP contribution >= 0.6 is 0 Å². The lowest BCUT2D eigenvalue weighted by Gasteiger charge is -2.30. The first kappa shape index (κ1) is 56.6. The van der Waals surface area contributed by atoms with Crippen LogP contribution in [0.25, 0.3) is 0 Å². The van der Waals surface area contributed by atoms with Gasteiger partial charge in [0.2, 0.25) is 0 Å². The molecule has 9 heteroatoms. The van der Waals surface area contributed by atoms with Gasteiger partial charge in [0.25, 0.3) is 0 Å². The van der Waals surface area contributed by atoms with E-state index in [-0.39, 0.29) is 23.2 Å². The van der Waals surface area contributed by atoms with E-state index in [2.05, 4.69) is 41.5 Å². The number of ether oxygens (including phenoxy) is 3. The second-order valence-corrected chi connectivity index (χ2v) is 11.1. The van der Waals surface area contributed by atoms with E-state index in [4.69, 9.17) is 19.3 Å². The van der Waals surface area contributed by atoms with Gasteiger partial charge in [-0.15, -0.1) is 0 Å². The number of allylic oxidation sites excluding steroid dienone is 3. The Hall–Kier alpha value is -1.71. The third-order valence-electron chi connectivity index (χ3n) is 5.72. The van der Waals surface area contributed by atoms with Crippen molar-refractivity contribution in [2.45, 2.75) is 175 Å². The molecular weight excluding hydrogens is 597 g/mol. The summed E-state index contributed by atoms with van der Waals surface area (Å²) in [5.74, 6) is 1.39.